The number of aliphatic hydroxyl groups excluding tert-OH is 1. The van der Waals surface area contributed by atoms with Crippen LogP contribution in [0.15, 0.2) is 37.2 Å². The lowest BCUT2D eigenvalue weighted by molar-refractivity contribution is 0.0304. The molecule has 0 radical (unpaired) electrons. The third-order valence-corrected chi connectivity index (χ3v) is 5.89. The van der Waals surface area contributed by atoms with Crippen LogP contribution in [0.4, 0.5) is 0 Å². The van der Waals surface area contributed by atoms with Crippen LogP contribution in [-0.4, -0.2) is 53.9 Å². The molecule has 130 valence electrons. The molecule has 0 spiro atoms. The lowest BCUT2D eigenvalue weighted by Gasteiger charge is -2.35. The van der Waals surface area contributed by atoms with Crippen LogP contribution in [0, 0.1) is 11.8 Å². The van der Waals surface area contributed by atoms with Crippen molar-refractivity contribution in [2.75, 3.05) is 13.1 Å². The van der Waals surface area contributed by atoms with Gasteiger partial charge < -0.3 is 10.1 Å². The van der Waals surface area contributed by atoms with Crippen LogP contribution in [0.3, 0.4) is 0 Å². The third kappa shape index (κ3) is 2.63. The molecule has 4 heterocycles. The highest BCUT2D eigenvalue weighted by Gasteiger charge is 2.42. The Morgan fingerprint density at radius 1 is 1.24 bits per heavy atom. The number of H-pyrrole nitrogens is 1. The molecule has 0 bridgehead atoms. The maximum absolute atomic E-state index is 10.6. The van der Waals surface area contributed by atoms with Gasteiger partial charge in [-0.25, -0.2) is 14.6 Å². The standard InChI is InChI=1S/C18H22N6O/c25-17-5-13-8-23(7-12(13)4-16(17)24-11-19-10-22-24)9-14-6-21-18-15(14)2-1-3-20-18/h1-3,6,10-13,16-17,25H,4-5,7-9H2,(H,20,21)/t12-,13+,16-,17-/m1/s1. The Balaban J connectivity index is 1.31. The second-order valence-corrected chi connectivity index (χ2v) is 7.41. The van der Waals surface area contributed by atoms with Gasteiger partial charge in [-0.2, -0.15) is 5.10 Å². The summed E-state index contributed by atoms with van der Waals surface area (Å²) in [7, 11) is 0. The Morgan fingerprint density at radius 3 is 2.96 bits per heavy atom. The Labute approximate surface area is 145 Å². The Morgan fingerprint density at radius 2 is 2.12 bits per heavy atom. The van der Waals surface area contributed by atoms with Gasteiger partial charge in [-0.15, -0.1) is 0 Å². The van der Waals surface area contributed by atoms with Crippen molar-refractivity contribution in [2.24, 2.45) is 11.8 Å². The molecular formula is C18H22N6O. The number of likely N-dealkylation sites (tertiary alicyclic amines) is 1. The van der Waals surface area contributed by atoms with Crippen LogP contribution >= 0.6 is 0 Å². The summed E-state index contributed by atoms with van der Waals surface area (Å²) in [6.45, 7) is 3.07. The second-order valence-electron chi connectivity index (χ2n) is 7.41. The van der Waals surface area contributed by atoms with Crippen molar-refractivity contribution in [1.29, 1.82) is 0 Å². The topological polar surface area (TPSA) is 82.9 Å². The number of rotatable bonds is 3. The van der Waals surface area contributed by atoms with E-state index in [-0.39, 0.29) is 12.1 Å². The zero-order chi connectivity index (χ0) is 16.8. The molecule has 2 fully saturated rings. The second kappa shape index (κ2) is 5.93. The van der Waals surface area contributed by atoms with Gasteiger partial charge in [-0.05, 0) is 42.4 Å². The first kappa shape index (κ1) is 15.0. The van der Waals surface area contributed by atoms with Gasteiger partial charge in [-0.1, -0.05) is 0 Å². The largest absolute Gasteiger partial charge is 0.391 e. The van der Waals surface area contributed by atoms with Gasteiger partial charge >= 0.3 is 0 Å². The fraction of sp³-hybridized carbons (Fsp3) is 0.500. The minimum atomic E-state index is -0.333. The van der Waals surface area contributed by atoms with Crippen molar-refractivity contribution in [3.63, 3.8) is 0 Å². The van der Waals surface area contributed by atoms with Gasteiger partial charge in [-0.3, -0.25) is 4.90 Å². The number of aromatic amines is 1. The number of hydrogen-bond acceptors (Lipinski definition) is 5. The first-order valence-electron chi connectivity index (χ1n) is 8.93. The van der Waals surface area contributed by atoms with E-state index >= 15 is 0 Å². The molecular weight excluding hydrogens is 316 g/mol. The maximum Gasteiger partial charge on any atom is 0.137 e. The molecule has 7 heteroatoms. The van der Waals surface area contributed by atoms with Crippen LogP contribution in [0.1, 0.15) is 24.4 Å². The number of pyridine rings is 1. The molecule has 0 aromatic carbocycles. The molecule has 25 heavy (non-hydrogen) atoms. The molecule has 4 atom stereocenters. The summed E-state index contributed by atoms with van der Waals surface area (Å²) >= 11 is 0. The average molecular weight is 338 g/mol. The van der Waals surface area contributed by atoms with Crippen molar-refractivity contribution in [1.82, 2.24) is 29.6 Å². The molecule has 1 aliphatic carbocycles. The zero-order valence-corrected chi connectivity index (χ0v) is 14.0. The molecule has 3 aromatic heterocycles. The van der Waals surface area contributed by atoms with Crippen molar-refractivity contribution in [2.45, 2.75) is 31.5 Å². The van der Waals surface area contributed by atoms with Crippen molar-refractivity contribution < 1.29 is 5.11 Å². The van der Waals surface area contributed by atoms with Gasteiger partial charge in [0.15, 0.2) is 0 Å². The molecule has 2 N–H and O–H groups in total. The van der Waals surface area contributed by atoms with E-state index in [9.17, 15) is 5.11 Å². The Bertz CT molecular complexity index is 859. The van der Waals surface area contributed by atoms with Gasteiger partial charge in [0.05, 0.1) is 12.1 Å². The van der Waals surface area contributed by atoms with Crippen LogP contribution in [-0.2, 0) is 6.54 Å². The number of hydrogen-bond donors (Lipinski definition) is 2. The van der Waals surface area contributed by atoms with Gasteiger partial charge in [0.25, 0.3) is 0 Å². The SMILES string of the molecule is O[C@@H]1C[C@H]2CN(Cc3c[nH]c4ncccc34)C[C@H]2C[C@H]1n1cncn1. The summed E-state index contributed by atoms with van der Waals surface area (Å²) in [5.41, 5.74) is 2.26. The molecule has 7 nitrogen and oxygen atoms in total. The van der Waals surface area contributed by atoms with Crippen molar-refractivity contribution in [3.8, 4) is 0 Å². The number of fused-ring (bicyclic) bond motifs is 2. The zero-order valence-electron chi connectivity index (χ0n) is 14.0. The maximum atomic E-state index is 10.6. The minimum Gasteiger partial charge on any atom is -0.391 e. The first-order chi connectivity index (χ1) is 12.3. The molecule has 3 aromatic rings. The van der Waals surface area contributed by atoms with Crippen molar-refractivity contribution in [3.05, 3.63) is 42.7 Å². The fourth-order valence-corrected chi connectivity index (χ4v) is 4.69. The minimum absolute atomic E-state index is 0.0565. The van der Waals surface area contributed by atoms with E-state index in [1.165, 1.54) is 10.9 Å². The highest BCUT2D eigenvalue weighted by atomic mass is 16.3. The van der Waals surface area contributed by atoms with E-state index in [0.717, 1.165) is 38.1 Å². The van der Waals surface area contributed by atoms with E-state index in [4.69, 9.17) is 0 Å². The molecule has 1 saturated heterocycles. The highest BCUT2D eigenvalue weighted by Crippen LogP contribution is 2.41. The lowest BCUT2D eigenvalue weighted by atomic mass is 9.77. The molecule has 2 aliphatic rings. The normalized spacial score (nSPS) is 30.0. The van der Waals surface area contributed by atoms with Crippen LogP contribution in [0.25, 0.3) is 11.0 Å². The molecule has 5 rings (SSSR count). The van der Waals surface area contributed by atoms with Crippen molar-refractivity contribution >= 4 is 11.0 Å². The lowest BCUT2D eigenvalue weighted by Crippen LogP contribution is -2.36. The summed E-state index contributed by atoms with van der Waals surface area (Å²) < 4.78 is 1.83. The monoisotopic (exact) mass is 338 g/mol. The smallest absolute Gasteiger partial charge is 0.137 e. The van der Waals surface area contributed by atoms with E-state index in [2.05, 4.69) is 37.2 Å². The van der Waals surface area contributed by atoms with Gasteiger partial charge in [0, 0.05) is 37.4 Å². The molecule has 0 unspecified atom stereocenters. The van der Waals surface area contributed by atoms with E-state index in [1.807, 2.05) is 16.9 Å². The van der Waals surface area contributed by atoms with Gasteiger partial charge in [0.1, 0.15) is 18.3 Å². The van der Waals surface area contributed by atoms with E-state index in [0.29, 0.717) is 11.8 Å². The Kier molecular flexibility index (Phi) is 3.57. The molecule has 0 amide bonds. The summed E-state index contributed by atoms with van der Waals surface area (Å²) in [6, 6.07) is 4.17. The average Bonchev–Trinajstić information content (AvgIpc) is 3.34. The molecule has 1 aliphatic heterocycles. The van der Waals surface area contributed by atoms with E-state index in [1.54, 1.807) is 12.7 Å². The fourth-order valence-electron chi connectivity index (χ4n) is 4.69. The first-order valence-corrected chi connectivity index (χ1v) is 8.93. The van der Waals surface area contributed by atoms with Gasteiger partial charge in [0.2, 0.25) is 0 Å². The number of aromatic nitrogens is 5. The number of aliphatic hydroxyl groups is 1. The van der Waals surface area contributed by atoms with E-state index < -0.39 is 0 Å². The number of nitrogens with zero attached hydrogens (tertiary/aromatic N) is 5. The van der Waals surface area contributed by atoms with Crippen LogP contribution in [0.2, 0.25) is 0 Å². The number of nitrogens with one attached hydrogen (secondary N) is 1. The predicted molar refractivity (Wildman–Crippen MR) is 92.7 cm³/mol. The summed E-state index contributed by atoms with van der Waals surface area (Å²) in [5.74, 6) is 1.18. The Hall–Kier alpha value is -2.25. The quantitative estimate of drug-likeness (QED) is 0.758. The third-order valence-electron chi connectivity index (χ3n) is 5.89. The molecule has 1 saturated carbocycles. The summed E-state index contributed by atoms with van der Waals surface area (Å²) in [6.07, 6.45) is 8.65. The summed E-state index contributed by atoms with van der Waals surface area (Å²) in [4.78, 5) is 14.2. The van der Waals surface area contributed by atoms with Crippen LogP contribution in [0.5, 0.6) is 0 Å². The predicted octanol–water partition coefficient (Wildman–Crippen LogP) is 1.60. The summed E-state index contributed by atoms with van der Waals surface area (Å²) in [5, 5.41) is 16.0. The highest BCUT2D eigenvalue weighted by molar-refractivity contribution is 5.79. The van der Waals surface area contributed by atoms with Crippen LogP contribution < -0.4 is 0 Å².